The van der Waals surface area contributed by atoms with E-state index in [-0.39, 0.29) is 59.9 Å². The number of nitrogens with zero attached hydrogens (tertiary/aromatic N) is 3. The molecule has 3 aliphatic carbocycles. The van der Waals surface area contributed by atoms with Crippen LogP contribution in [0.5, 0.6) is 23.0 Å². The molecule has 113 heavy (non-hydrogen) atoms. The number of carbonyl (C=O) groups is 4. The van der Waals surface area contributed by atoms with Gasteiger partial charge in [-0.1, -0.05) is 148 Å². The van der Waals surface area contributed by atoms with E-state index in [0.717, 1.165) is 83.4 Å². The summed E-state index contributed by atoms with van der Waals surface area (Å²) in [4.78, 5) is 56.4. The van der Waals surface area contributed by atoms with Gasteiger partial charge in [-0.25, -0.2) is 4.79 Å². The van der Waals surface area contributed by atoms with E-state index in [9.17, 15) is 24.3 Å². The predicted molar refractivity (Wildman–Crippen MR) is 450 cm³/mol. The average molecular weight is 1680 g/mol. The van der Waals surface area contributed by atoms with Gasteiger partial charge < -0.3 is 77.4 Å². The SMILES string of the molecule is Brc1ccc2c(c1)CNC2.C=CB1OC(C)(C)C(C)(C)O1.C=Cc1ccc2c(c1)CN(C(=O)c1cc(CC)c(OC)cc1OC)C2.COC1=C(C(C)C)C=C(C(=O)N2Cc3ccc(C4CO4)cc3C2)C(O)C1.COC1=C(C(C)C)C=C(C(=O)O)C(OC)C1.COc1cc(OC)c(C(C)C)cc1C(=O)N1CC2=C(CC(Br)C=C2)C1. The number of halogens is 2. The van der Waals surface area contributed by atoms with Crippen LogP contribution < -0.4 is 24.3 Å². The molecule has 3 N–H and O–H groups in total. The number of hydrogen-bond donors (Lipinski definition) is 3. The molecule has 3 amide bonds. The molecule has 14 rings (SSSR count). The molecule has 20 nitrogen and oxygen atoms in total. The summed E-state index contributed by atoms with van der Waals surface area (Å²) in [6.45, 7) is 36.5. The van der Waals surface area contributed by atoms with E-state index in [0.29, 0.717) is 90.7 Å². The van der Waals surface area contributed by atoms with E-state index in [1.807, 2.05) is 99.6 Å². The first-order valence-electron chi connectivity index (χ1n) is 38.6. The molecular weight excluding hydrogens is 1560 g/mol. The number of methoxy groups -OCH3 is 7. The largest absolute Gasteiger partial charge is 0.501 e. The van der Waals surface area contributed by atoms with E-state index in [1.54, 1.807) is 60.8 Å². The number of carbonyl (C=O) groups excluding carboxylic acids is 3. The first-order chi connectivity index (χ1) is 53.8. The number of alkyl halides is 1. The molecule has 6 aliphatic heterocycles. The smallest absolute Gasteiger partial charge is 0.486 e. The number of fused-ring (bicyclic) bond motifs is 3. The normalized spacial score (nSPS) is 19.8. The van der Waals surface area contributed by atoms with Gasteiger partial charge in [-0.2, -0.15) is 0 Å². The molecule has 23 heteroatoms. The number of allylic oxidation sites excluding steroid dienone is 5. The molecule has 2 fully saturated rings. The molecule has 0 spiro atoms. The maximum atomic E-state index is 13.2. The van der Waals surface area contributed by atoms with Crippen LogP contribution in [0.25, 0.3) is 6.08 Å². The summed E-state index contributed by atoms with van der Waals surface area (Å²) >= 11 is 7.07. The Hall–Kier alpha value is -8.52. The van der Waals surface area contributed by atoms with E-state index in [2.05, 4.69) is 139 Å². The van der Waals surface area contributed by atoms with Gasteiger partial charge >= 0.3 is 13.1 Å². The fourth-order valence-corrected chi connectivity index (χ4v) is 15.6. The first kappa shape index (κ1) is 88.4. The van der Waals surface area contributed by atoms with E-state index < -0.39 is 18.2 Å². The number of carboxylic acids is 1. The summed E-state index contributed by atoms with van der Waals surface area (Å²) in [5.74, 6) is 5.56. The minimum Gasteiger partial charge on any atom is -0.501 e. The molecule has 9 aliphatic rings. The van der Waals surface area contributed by atoms with E-state index in [1.165, 1.54) is 61.7 Å². The van der Waals surface area contributed by atoms with Gasteiger partial charge in [0.2, 0.25) is 0 Å². The number of benzene rings is 5. The van der Waals surface area contributed by atoms with Crippen LogP contribution in [-0.4, -0.2) is 153 Å². The lowest BCUT2D eigenvalue weighted by molar-refractivity contribution is -0.134. The van der Waals surface area contributed by atoms with Crippen molar-refractivity contribution in [3.63, 3.8) is 0 Å². The number of aliphatic carboxylic acids is 1. The van der Waals surface area contributed by atoms with Crippen LogP contribution in [0.15, 0.2) is 172 Å². The molecule has 5 aromatic carbocycles. The van der Waals surface area contributed by atoms with Crippen molar-refractivity contribution >= 4 is 68.7 Å². The summed E-state index contributed by atoms with van der Waals surface area (Å²) < 4.78 is 55.3. The Balaban J connectivity index is 0.000000161. The summed E-state index contributed by atoms with van der Waals surface area (Å²) in [5, 5.41) is 22.9. The minimum atomic E-state index is -0.930. The molecule has 0 bridgehead atoms. The van der Waals surface area contributed by atoms with Gasteiger partial charge in [-0.3, -0.25) is 14.4 Å². The maximum absolute atomic E-state index is 13.2. The summed E-state index contributed by atoms with van der Waals surface area (Å²) in [7, 11) is 10.9. The lowest BCUT2D eigenvalue weighted by atomic mass is 9.88. The molecule has 2 saturated heterocycles. The van der Waals surface area contributed by atoms with Gasteiger partial charge in [0, 0.05) is 99.3 Å². The highest BCUT2D eigenvalue weighted by atomic mass is 79.9. The quantitative estimate of drug-likeness (QED) is 0.0421. The van der Waals surface area contributed by atoms with Crippen LogP contribution in [0.3, 0.4) is 0 Å². The highest BCUT2D eigenvalue weighted by Crippen LogP contribution is 2.42. The van der Waals surface area contributed by atoms with Gasteiger partial charge in [-0.05, 0) is 179 Å². The Bertz CT molecular complexity index is 4530. The molecule has 606 valence electrons. The predicted octanol–water partition coefficient (Wildman–Crippen LogP) is 17.0. The number of epoxide rings is 1. The number of nitrogens with one attached hydrogen (secondary N) is 1. The highest BCUT2D eigenvalue weighted by molar-refractivity contribution is 9.10. The van der Waals surface area contributed by atoms with Crippen LogP contribution in [-0.2, 0) is 83.5 Å². The maximum Gasteiger partial charge on any atom is 0.486 e. The standard InChI is InChI=1S/C21H25NO4.C21H23NO3.C20H24BrNO3.C12H18O4.C8H15BO2.C8H8BrN/c1-12(2)16-7-17(18(23)8-19(16)25-3)21(24)22-9-14-5-4-13(20-11-26-20)6-15(14)10-22;1-5-14-7-8-16-12-22(13-17(16)9-14)21(23)18-10-15(6-2)19(24-3)11-20(18)25-4;1-12(2)16-8-17(19(25-4)9-18(16)24-3)20(23)22-10-13-5-6-15(21)7-14(13)11-22;1-7(2)8-5-9(12(13)14)11(16-4)6-10(8)15-3;1-6-9-10-7(2,3)8(4,5)11-9;9-8-2-1-6-4-10-5-7(6)3-8/h4-7,12,18,20,23H,8-11H2,1-3H3;5,7-11H,1,6,12-13H2,2-4H3;5-6,8-9,12,15H,7,10-11H2,1-4H3;5,7,11H,6H2,1-4H3,(H,13,14);6H,1H2,2-5H3;1-3,10H,4-5H2. The van der Waals surface area contributed by atoms with Crippen molar-refractivity contribution in [1.29, 1.82) is 0 Å². The summed E-state index contributed by atoms with van der Waals surface area (Å²) in [6.07, 6.45) is 11.2. The van der Waals surface area contributed by atoms with Gasteiger partial charge in [0.1, 0.15) is 40.6 Å². The van der Waals surface area contributed by atoms with Gasteiger partial charge in [0.15, 0.2) is 0 Å². The topological polar surface area (TPSA) is 226 Å². The average Bonchev–Trinajstić information content (AvgIpc) is 1.74. The van der Waals surface area contributed by atoms with Crippen LogP contribution >= 0.6 is 31.9 Å². The first-order valence-corrected chi connectivity index (χ1v) is 40.3. The lowest BCUT2D eigenvalue weighted by Gasteiger charge is -2.32. The third-order valence-corrected chi connectivity index (χ3v) is 23.1. The molecule has 0 aromatic heterocycles. The van der Waals surface area contributed by atoms with Crippen molar-refractivity contribution in [2.24, 2.45) is 11.8 Å². The van der Waals surface area contributed by atoms with Crippen molar-refractivity contribution in [3.05, 3.63) is 238 Å². The van der Waals surface area contributed by atoms with Crippen molar-refractivity contribution in [2.45, 2.75) is 181 Å². The molecule has 5 aromatic rings. The zero-order valence-corrected chi connectivity index (χ0v) is 72.1. The Labute approximate surface area is 685 Å². The third-order valence-electron chi connectivity index (χ3n) is 22.0. The van der Waals surface area contributed by atoms with Crippen molar-refractivity contribution in [1.82, 2.24) is 20.0 Å². The Kier molecular flexibility index (Phi) is 30.7. The van der Waals surface area contributed by atoms with Crippen molar-refractivity contribution < 1.29 is 76.6 Å². The van der Waals surface area contributed by atoms with Crippen LogP contribution in [0.2, 0.25) is 0 Å². The zero-order valence-electron chi connectivity index (χ0n) is 68.9. The lowest BCUT2D eigenvalue weighted by Crippen LogP contribution is -2.41. The number of rotatable bonds is 18. The van der Waals surface area contributed by atoms with Gasteiger partial charge in [0.05, 0.1) is 89.4 Å². The molecule has 4 unspecified atom stereocenters. The van der Waals surface area contributed by atoms with Gasteiger partial charge in [0.25, 0.3) is 17.7 Å². The molecule has 4 atom stereocenters. The fourth-order valence-electron chi connectivity index (χ4n) is 14.6. The third kappa shape index (κ3) is 21.3. The second kappa shape index (κ2) is 39.2. The summed E-state index contributed by atoms with van der Waals surface area (Å²) in [6, 6.07) is 26.4. The highest BCUT2D eigenvalue weighted by Gasteiger charge is 2.50. The van der Waals surface area contributed by atoms with Gasteiger partial charge in [-0.15, -0.1) is 6.58 Å². The molecule has 6 heterocycles. The Morgan fingerprint density at radius 3 is 1.67 bits per heavy atom. The van der Waals surface area contributed by atoms with Crippen LogP contribution in [0, 0.1) is 11.8 Å². The van der Waals surface area contributed by atoms with E-state index in [4.69, 9.17) is 52.3 Å². The second-order valence-electron chi connectivity index (χ2n) is 30.9. The van der Waals surface area contributed by atoms with Crippen molar-refractivity contribution in [3.8, 4) is 23.0 Å². The van der Waals surface area contributed by atoms with Crippen molar-refractivity contribution in [2.75, 3.05) is 69.5 Å². The number of amides is 3. The number of aryl methyl sites for hydroxylation is 1. The van der Waals surface area contributed by atoms with Crippen LogP contribution in [0.1, 0.15) is 184 Å². The molecular formula is C90H113BBr2N4O16. The summed E-state index contributed by atoms with van der Waals surface area (Å²) in [5.41, 5.74) is 17.9. The Morgan fingerprint density at radius 2 is 1.14 bits per heavy atom. The zero-order chi connectivity index (χ0) is 82.5. The number of aliphatic hydroxyl groups is 1. The number of aliphatic hydroxyl groups excluding tert-OH is 1. The molecule has 0 radical (unpaired) electrons. The monoisotopic (exact) mass is 1670 g/mol. The molecule has 0 saturated carbocycles. The second-order valence-corrected chi connectivity index (χ2v) is 33.0. The van der Waals surface area contributed by atoms with E-state index >= 15 is 0 Å². The Morgan fingerprint density at radius 1 is 0.611 bits per heavy atom. The number of carboxylic acid groups (broad SMARTS) is 1. The fraction of sp³-hybridized carbons (Fsp3) is 0.444. The minimum absolute atomic E-state index is 0.00956. The number of ether oxygens (including phenoxy) is 8. The van der Waals surface area contributed by atoms with Crippen LogP contribution in [0.4, 0.5) is 0 Å². The number of hydrogen-bond acceptors (Lipinski definition) is 16.